The maximum Gasteiger partial charge on any atom is 0.348 e. The van der Waals surface area contributed by atoms with Gasteiger partial charge >= 0.3 is 11.9 Å². The van der Waals surface area contributed by atoms with Gasteiger partial charge < -0.3 is 9.84 Å². The van der Waals surface area contributed by atoms with Crippen molar-refractivity contribution in [2.75, 3.05) is 0 Å². The van der Waals surface area contributed by atoms with E-state index in [-0.39, 0.29) is 17.8 Å². The Morgan fingerprint density at radius 2 is 2.29 bits per heavy atom. The molecule has 0 aromatic rings. The van der Waals surface area contributed by atoms with E-state index >= 15 is 0 Å². The minimum absolute atomic E-state index is 0.136. The van der Waals surface area contributed by atoms with Crippen LogP contribution in [0.25, 0.3) is 0 Å². The molecule has 0 saturated carbocycles. The number of carbonyl (C=O) groups excluding carboxylic acids is 1. The van der Waals surface area contributed by atoms with E-state index in [9.17, 15) is 9.59 Å². The molecule has 1 aliphatic heterocycles. The molecule has 1 fully saturated rings. The van der Waals surface area contributed by atoms with Gasteiger partial charge in [0.2, 0.25) is 5.60 Å². The summed E-state index contributed by atoms with van der Waals surface area (Å²) in [4.78, 5) is 22.4. The maximum absolute atomic E-state index is 11.4. The molecule has 1 heterocycles. The predicted molar refractivity (Wildman–Crippen MR) is 49.7 cm³/mol. The van der Waals surface area contributed by atoms with E-state index in [4.69, 9.17) is 9.84 Å². The SMILES string of the molecule is CCC1CC(C)[C@@](C)(C(=O)O)OC1=O. The number of aliphatic carboxylic acids is 1. The first-order valence-corrected chi connectivity index (χ1v) is 4.88. The molecule has 0 aromatic carbocycles. The van der Waals surface area contributed by atoms with Gasteiger partial charge in [0.05, 0.1) is 5.92 Å². The lowest BCUT2D eigenvalue weighted by molar-refractivity contribution is -0.195. The van der Waals surface area contributed by atoms with Crippen LogP contribution in [0.5, 0.6) is 0 Å². The quantitative estimate of drug-likeness (QED) is 0.685. The van der Waals surface area contributed by atoms with Crippen molar-refractivity contribution >= 4 is 11.9 Å². The molecule has 14 heavy (non-hydrogen) atoms. The van der Waals surface area contributed by atoms with Gasteiger partial charge in [-0.2, -0.15) is 0 Å². The number of rotatable bonds is 2. The molecule has 0 amide bonds. The first-order chi connectivity index (χ1) is 6.41. The van der Waals surface area contributed by atoms with Crippen LogP contribution in [0.3, 0.4) is 0 Å². The summed E-state index contributed by atoms with van der Waals surface area (Å²) in [5, 5.41) is 8.97. The van der Waals surface area contributed by atoms with Gasteiger partial charge in [0, 0.05) is 5.92 Å². The number of carboxylic acids is 1. The molecule has 1 aliphatic rings. The minimum Gasteiger partial charge on any atom is -0.478 e. The Bertz CT molecular complexity index is 261. The van der Waals surface area contributed by atoms with E-state index in [0.29, 0.717) is 12.8 Å². The van der Waals surface area contributed by atoms with Crippen molar-refractivity contribution in [1.29, 1.82) is 0 Å². The van der Waals surface area contributed by atoms with Gasteiger partial charge in [-0.05, 0) is 19.8 Å². The largest absolute Gasteiger partial charge is 0.478 e. The number of hydrogen-bond acceptors (Lipinski definition) is 3. The lowest BCUT2D eigenvalue weighted by atomic mass is 9.79. The molecular weight excluding hydrogens is 184 g/mol. The minimum atomic E-state index is -1.34. The molecule has 1 N–H and O–H groups in total. The Morgan fingerprint density at radius 3 is 2.71 bits per heavy atom. The first kappa shape index (κ1) is 11.0. The highest BCUT2D eigenvalue weighted by molar-refractivity contribution is 5.84. The van der Waals surface area contributed by atoms with Gasteiger partial charge in [0.1, 0.15) is 0 Å². The molecule has 2 unspecified atom stereocenters. The lowest BCUT2D eigenvalue weighted by Gasteiger charge is -2.38. The van der Waals surface area contributed by atoms with Crippen LogP contribution in [-0.2, 0) is 14.3 Å². The number of hydrogen-bond donors (Lipinski definition) is 1. The predicted octanol–water partition coefficient (Wildman–Crippen LogP) is 1.44. The van der Waals surface area contributed by atoms with Crippen LogP contribution in [0.4, 0.5) is 0 Å². The van der Waals surface area contributed by atoms with Crippen LogP contribution in [0, 0.1) is 11.8 Å². The Kier molecular flexibility index (Phi) is 2.83. The fourth-order valence-corrected chi connectivity index (χ4v) is 1.73. The van der Waals surface area contributed by atoms with E-state index in [1.807, 2.05) is 13.8 Å². The number of carboxylic acid groups (broad SMARTS) is 1. The van der Waals surface area contributed by atoms with Crippen molar-refractivity contribution in [1.82, 2.24) is 0 Å². The Balaban J connectivity index is 2.86. The molecule has 1 rings (SSSR count). The highest BCUT2D eigenvalue weighted by Gasteiger charge is 2.48. The molecule has 4 nitrogen and oxygen atoms in total. The summed E-state index contributed by atoms with van der Waals surface area (Å²) < 4.78 is 5.01. The zero-order chi connectivity index (χ0) is 10.9. The molecule has 4 heteroatoms. The summed E-state index contributed by atoms with van der Waals surface area (Å²) in [5.74, 6) is -1.72. The lowest BCUT2D eigenvalue weighted by Crippen LogP contribution is -2.51. The second kappa shape index (κ2) is 3.59. The fourth-order valence-electron chi connectivity index (χ4n) is 1.73. The Morgan fingerprint density at radius 1 is 1.71 bits per heavy atom. The van der Waals surface area contributed by atoms with Crippen molar-refractivity contribution in [3.63, 3.8) is 0 Å². The standard InChI is InChI=1S/C10H16O4/c1-4-7-5-6(2)10(3,9(12)13)14-8(7)11/h6-7H,4-5H2,1-3H3,(H,12,13)/t6?,7?,10-/m0/s1. The van der Waals surface area contributed by atoms with Gasteiger partial charge in [0.25, 0.3) is 0 Å². The molecule has 0 radical (unpaired) electrons. The number of carbonyl (C=O) groups is 2. The molecule has 1 saturated heterocycles. The molecule has 0 spiro atoms. The molecule has 3 atom stereocenters. The van der Waals surface area contributed by atoms with Crippen LogP contribution in [0.15, 0.2) is 0 Å². The topological polar surface area (TPSA) is 63.6 Å². The van der Waals surface area contributed by atoms with Crippen molar-refractivity contribution in [3.05, 3.63) is 0 Å². The van der Waals surface area contributed by atoms with Gasteiger partial charge in [-0.1, -0.05) is 13.8 Å². The molecule has 80 valence electrons. The summed E-state index contributed by atoms with van der Waals surface area (Å²) in [5.41, 5.74) is -1.34. The third-order valence-electron chi connectivity index (χ3n) is 3.14. The zero-order valence-corrected chi connectivity index (χ0v) is 8.74. The van der Waals surface area contributed by atoms with E-state index < -0.39 is 11.6 Å². The van der Waals surface area contributed by atoms with Crippen LogP contribution < -0.4 is 0 Å². The van der Waals surface area contributed by atoms with E-state index in [1.54, 1.807) is 0 Å². The van der Waals surface area contributed by atoms with Crippen LogP contribution in [0.1, 0.15) is 33.6 Å². The highest BCUT2D eigenvalue weighted by atomic mass is 16.6. The fraction of sp³-hybridized carbons (Fsp3) is 0.800. The van der Waals surface area contributed by atoms with E-state index in [2.05, 4.69) is 0 Å². The summed E-state index contributed by atoms with van der Waals surface area (Å²) in [6.07, 6.45) is 1.30. The van der Waals surface area contributed by atoms with Crippen LogP contribution >= 0.6 is 0 Å². The summed E-state index contributed by atoms with van der Waals surface area (Å²) in [6, 6.07) is 0. The normalized spacial score (nSPS) is 37.8. The highest BCUT2D eigenvalue weighted by Crippen LogP contribution is 2.35. The average Bonchev–Trinajstić information content (AvgIpc) is 2.11. The van der Waals surface area contributed by atoms with Gasteiger partial charge in [-0.25, -0.2) is 4.79 Å². The van der Waals surface area contributed by atoms with Crippen molar-refractivity contribution in [2.24, 2.45) is 11.8 Å². The third kappa shape index (κ3) is 1.61. The maximum atomic E-state index is 11.4. The van der Waals surface area contributed by atoms with Crippen molar-refractivity contribution in [2.45, 2.75) is 39.2 Å². The summed E-state index contributed by atoms with van der Waals surface area (Å²) in [6.45, 7) is 5.18. The number of esters is 1. The van der Waals surface area contributed by atoms with E-state index in [1.165, 1.54) is 6.92 Å². The number of cyclic esters (lactones) is 1. The molecule has 0 aliphatic carbocycles. The monoisotopic (exact) mass is 200 g/mol. The summed E-state index contributed by atoms with van der Waals surface area (Å²) >= 11 is 0. The third-order valence-corrected chi connectivity index (χ3v) is 3.14. The number of ether oxygens (including phenoxy) is 1. The van der Waals surface area contributed by atoms with Gasteiger partial charge in [-0.3, -0.25) is 4.79 Å². The smallest absolute Gasteiger partial charge is 0.348 e. The van der Waals surface area contributed by atoms with Gasteiger partial charge in [-0.15, -0.1) is 0 Å². The first-order valence-electron chi connectivity index (χ1n) is 4.88. The molecular formula is C10H16O4. The van der Waals surface area contributed by atoms with Crippen molar-refractivity contribution < 1.29 is 19.4 Å². The van der Waals surface area contributed by atoms with Gasteiger partial charge in [0.15, 0.2) is 0 Å². The Hall–Kier alpha value is -1.06. The zero-order valence-electron chi connectivity index (χ0n) is 8.74. The summed E-state index contributed by atoms with van der Waals surface area (Å²) in [7, 11) is 0. The molecule has 0 aromatic heterocycles. The van der Waals surface area contributed by atoms with Crippen LogP contribution in [-0.4, -0.2) is 22.6 Å². The van der Waals surface area contributed by atoms with Crippen LogP contribution in [0.2, 0.25) is 0 Å². The second-order valence-corrected chi connectivity index (χ2v) is 4.08. The van der Waals surface area contributed by atoms with E-state index in [0.717, 1.165) is 0 Å². The molecule has 0 bridgehead atoms. The van der Waals surface area contributed by atoms with Crippen molar-refractivity contribution in [3.8, 4) is 0 Å². The Labute approximate surface area is 83.2 Å². The average molecular weight is 200 g/mol. The second-order valence-electron chi connectivity index (χ2n) is 4.08.